The van der Waals surface area contributed by atoms with Crippen molar-refractivity contribution < 1.29 is 0 Å². The van der Waals surface area contributed by atoms with Gasteiger partial charge in [-0.2, -0.15) is 0 Å². The average molecular weight is 242 g/mol. The van der Waals surface area contributed by atoms with Crippen LogP contribution in [0.4, 0.5) is 0 Å². The van der Waals surface area contributed by atoms with Gasteiger partial charge in [-0.1, -0.05) is 6.07 Å². The second-order valence-corrected chi connectivity index (χ2v) is 4.98. The largest absolute Gasteiger partial charge is 0.329 e. The molecule has 4 nitrogen and oxygen atoms in total. The normalized spacial score (nSPS) is 14.9. The maximum atomic E-state index is 4.32. The molecule has 1 N–H and O–H groups in total. The first-order valence-corrected chi connectivity index (χ1v) is 6.45. The van der Waals surface area contributed by atoms with Crippen LogP contribution in [0.25, 0.3) is 0 Å². The lowest BCUT2D eigenvalue weighted by molar-refractivity contribution is 0.633. The molecule has 1 aliphatic rings. The number of rotatable bonds is 5. The van der Waals surface area contributed by atoms with Crippen molar-refractivity contribution in [3.63, 3.8) is 0 Å². The smallest absolute Gasteiger partial charge is 0.0951 e. The Hall–Kier alpha value is -1.68. The van der Waals surface area contributed by atoms with Gasteiger partial charge in [0.05, 0.1) is 18.6 Å². The molecule has 1 saturated carbocycles. The standard InChI is InChI=1S/C14H18N4/c1-11-2-3-12(6-16-11)9-18-10-15-7-14(18)8-17-13-4-5-13/h2-3,6-7,10,13,17H,4-5,8-9H2,1H3. The Balaban J connectivity index is 1.67. The van der Waals surface area contributed by atoms with Gasteiger partial charge in [-0.25, -0.2) is 4.98 Å². The molecule has 0 spiro atoms. The maximum Gasteiger partial charge on any atom is 0.0951 e. The van der Waals surface area contributed by atoms with Gasteiger partial charge < -0.3 is 9.88 Å². The van der Waals surface area contributed by atoms with Crippen LogP contribution in [-0.4, -0.2) is 20.6 Å². The summed E-state index contributed by atoms with van der Waals surface area (Å²) in [5.41, 5.74) is 3.51. The highest BCUT2D eigenvalue weighted by Gasteiger charge is 2.20. The van der Waals surface area contributed by atoms with Crippen LogP contribution in [-0.2, 0) is 13.1 Å². The summed E-state index contributed by atoms with van der Waals surface area (Å²) in [5.74, 6) is 0. The van der Waals surface area contributed by atoms with Crippen LogP contribution in [0.2, 0.25) is 0 Å². The van der Waals surface area contributed by atoms with E-state index in [0.29, 0.717) is 0 Å². The zero-order valence-corrected chi connectivity index (χ0v) is 10.6. The van der Waals surface area contributed by atoms with Gasteiger partial charge in [0.2, 0.25) is 0 Å². The molecule has 0 saturated heterocycles. The summed E-state index contributed by atoms with van der Waals surface area (Å²) < 4.78 is 2.18. The lowest BCUT2D eigenvalue weighted by atomic mass is 10.2. The minimum absolute atomic E-state index is 0.731. The molecule has 2 heterocycles. The quantitative estimate of drug-likeness (QED) is 0.870. The van der Waals surface area contributed by atoms with Crippen molar-refractivity contribution >= 4 is 0 Å². The Morgan fingerprint density at radius 1 is 1.33 bits per heavy atom. The molecule has 1 aliphatic carbocycles. The first-order valence-electron chi connectivity index (χ1n) is 6.45. The van der Waals surface area contributed by atoms with E-state index < -0.39 is 0 Å². The van der Waals surface area contributed by atoms with Crippen LogP contribution in [0.1, 0.15) is 29.8 Å². The SMILES string of the molecule is Cc1ccc(Cn2cncc2CNC2CC2)cn1. The van der Waals surface area contributed by atoms with E-state index in [1.54, 1.807) is 0 Å². The van der Waals surface area contributed by atoms with E-state index in [0.717, 1.165) is 24.8 Å². The first-order chi connectivity index (χ1) is 8.81. The molecule has 1 fully saturated rings. The molecular weight excluding hydrogens is 224 g/mol. The monoisotopic (exact) mass is 242 g/mol. The Bertz CT molecular complexity index is 511. The third kappa shape index (κ3) is 2.76. The van der Waals surface area contributed by atoms with Crippen molar-refractivity contribution in [1.29, 1.82) is 0 Å². The Labute approximate surface area is 107 Å². The topological polar surface area (TPSA) is 42.7 Å². The first kappa shape index (κ1) is 11.4. The van der Waals surface area contributed by atoms with E-state index in [2.05, 4.69) is 25.9 Å². The fourth-order valence-corrected chi connectivity index (χ4v) is 1.96. The Kier molecular flexibility index (Phi) is 3.11. The zero-order valence-electron chi connectivity index (χ0n) is 10.6. The molecule has 3 rings (SSSR count). The number of aryl methyl sites for hydroxylation is 1. The van der Waals surface area contributed by atoms with Crippen LogP contribution in [0.5, 0.6) is 0 Å². The second-order valence-electron chi connectivity index (χ2n) is 4.98. The highest BCUT2D eigenvalue weighted by atomic mass is 15.1. The summed E-state index contributed by atoms with van der Waals surface area (Å²) in [4.78, 5) is 8.56. The molecule has 2 aromatic rings. The van der Waals surface area contributed by atoms with Gasteiger partial charge in [0, 0.05) is 30.7 Å². The molecule has 0 bridgehead atoms. The van der Waals surface area contributed by atoms with Gasteiger partial charge in [-0.15, -0.1) is 0 Å². The highest BCUT2D eigenvalue weighted by molar-refractivity contribution is 5.14. The predicted molar refractivity (Wildman–Crippen MR) is 70.2 cm³/mol. The summed E-state index contributed by atoms with van der Waals surface area (Å²) in [7, 11) is 0. The molecule has 4 heteroatoms. The third-order valence-corrected chi connectivity index (χ3v) is 3.27. The lowest BCUT2D eigenvalue weighted by Gasteiger charge is -2.09. The molecule has 2 aromatic heterocycles. The Morgan fingerprint density at radius 3 is 2.94 bits per heavy atom. The third-order valence-electron chi connectivity index (χ3n) is 3.27. The van der Waals surface area contributed by atoms with E-state index in [1.807, 2.05) is 31.7 Å². The van der Waals surface area contributed by atoms with Gasteiger partial charge in [-0.05, 0) is 31.4 Å². The summed E-state index contributed by atoms with van der Waals surface area (Å²) in [6.07, 6.45) is 8.40. The van der Waals surface area contributed by atoms with Gasteiger partial charge in [-0.3, -0.25) is 4.98 Å². The van der Waals surface area contributed by atoms with Gasteiger partial charge in [0.15, 0.2) is 0 Å². The minimum Gasteiger partial charge on any atom is -0.329 e. The number of hydrogen-bond acceptors (Lipinski definition) is 3. The Morgan fingerprint density at radius 2 is 2.22 bits per heavy atom. The number of nitrogens with zero attached hydrogens (tertiary/aromatic N) is 3. The molecular formula is C14H18N4. The molecule has 18 heavy (non-hydrogen) atoms. The predicted octanol–water partition coefficient (Wildman–Crippen LogP) is 1.89. The van der Waals surface area contributed by atoms with E-state index in [-0.39, 0.29) is 0 Å². The van der Waals surface area contributed by atoms with Crippen molar-refractivity contribution in [3.05, 3.63) is 47.8 Å². The van der Waals surface area contributed by atoms with Crippen LogP contribution < -0.4 is 5.32 Å². The molecule has 0 unspecified atom stereocenters. The molecule has 0 atom stereocenters. The second kappa shape index (κ2) is 4.90. The zero-order chi connectivity index (χ0) is 12.4. The van der Waals surface area contributed by atoms with Crippen molar-refractivity contribution in [2.45, 2.75) is 38.9 Å². The summed E-state index contributed by atoms with van der Waals surface area (Å²) in [5, 5.41) is 3.52. The van der Waals surface area contributed by atoms with E-state index >= 15 is 0 Å². The van der Waals surface area contributed by atoms with Crippen LogP contribution in [0.15, 0.2) is 30.9 Å². The maximum absolute atomic E-state index is 4.32. The van der Waals surface area contributed by atoms with Crippen molar-refractivity contribution in [3.8, 4) is 0 Å². The van der Waals surface area contributed by atoms with Crippen LogP contribution >= 0.6 is 0 Å². The summed E-state index contributed by atoms with van der Waals surface area (Å²) in [6, 6.07) is 4.91. The number of pyridine rings is 1. The van der Waals surface area contributed by atoms with Gasteiger partial charge in [0.1, 0.15) is 0 Å². The van der Waals surface area contributed by atoms with E-state index in [9.17, 15) is 0 Å². The number of aromatic nitrogens is 3. The summed E-state index contributed by atoms with van der Waals surface area (Å²) >= 11 is 0. The fourth-order valence-electron chi connectivity index (χ4n) is 1.96. The fraction of sp³-hybridized carbons (Fsp3) is 0.429. The van der Waals surface area contributed by atoms with Gasteiger partial charge >= 0.3 is 0 Å². The molecule has 0 amide bonds. The van der Waals surface area contributed by atoms with E-state index in [4.69, 9.17) is 0 Å². The van der Waals surface area contributed by atoms with Gasteiger partial charge in [0.25, 0.3) is 0 Å². The number of imidazole rings is 1. The molecule has 0 aromatic carbocycles. The van der Waals surface area contributed by atoms with Crippen molar-refractivity contribution in [2.75, 3.05) is 0 Å². The lowest BCUT2D eigenvalue weighted by Crippen LogP contribution is -2.18. The molecule has 0 radical (unpaired) electrons. The van der Waals surface area contributed by atoms with Crippen LogP contribution in [0, 0.1) is 6.92 Å². The van der Waals surface area contributed by atoms with E-state index in [1.165, 1.54) is 24.1 Å². The number of nitrogens with one attached hydrogen (secondary N) is 1. The molecule has 94 valence electrons. The minimum atomic E-state index is 0.731. The average Bonchev–Trinajstić information content (AvgIpc) is 3.11. The van der Waals surface area contributed by atoms with Crippen LogP contribution in [0.3, 0.4) is 0 Å². The molecule has 0 aliphatic heterocycles. The van der Waals surface area contributed by atoms with Crippen molar-refractivity contribution in [2.24, 2.45) is 0 Å². The van der Waals surface area contributed by atoms with Crippen molar-refractivity contribution in [1.82, 2.24) is 19.9 Å². The number of hydrogen-bond donors (Lipinski definition) is 1. The summed E-state index contributed by atoms with van der Waals surface area (Å²) in [6.45, 7) is 3.75. The highest BCUT2D eigenvalue weighted by Crippen LogP contribution is 2.19.